The molecule has 0 bridgehead atoms. The summed E-state index contributed by atoms with van der Waals surface area (Å²) in [7, 11) is 0. The molecular weight excluding hydrogens is 468 g/mol. The monoisotopic (exact) mass is 498 g/mol. The zero-order valence-corrected chi connectivity index (χ0v) is 21.9. The van der Waals surface area contributed by atoms with Crippen LogP contribution in [-0.4, -0.2) is 12.3 Å². The Balaban J connectivity index is 1.42. The summed E-state index contributed by atoms with van der Waals surface area (Å²) in [6.07, 6.45) is 3.19. The van der Waals surface area contributed by atoms with E-state index in [1.807, 2.05) is 35.6 Å². The number of benzene rings is 3. The molecule has 4 heteroatoms. The second kappa shape index (κ2) is 10.8. The number of anilines is 1. The van der Waals surface area contributed by atoms with Crippen molar-refractivity contribution in [3.8, 4) is 0 Å². The first-order chi connectivity index (χ1) is 17.1. The van der Waals surface area contributed by atoms with Gasteiger partial charge in [-0.15, -0.1) is 11.3 Å². The number of aryl methyl sites for hydroxylation is 2. The summed E-state index contributed by atoms with van der Waals surface area (Å²) in [5.41, 5.74) is 7.14. The molecule has 178 valence electrons. The lowest BCUT2D eigenvalue weighted by Crippen LogP contribution is -2.09. The van der Waals surface area contributed by atoms with Crippen LogP contribution in [0.25, 0.3) is 0 Å². The van der Waals surface area contributed by atoms with Crippen LogP contribution in [0.15, 0.2) is 89.9 Å². The first kappa shape index (κ1) is 23.8. The molecular formula is C31H31ClN2S. The van der Waals surface area contributed by atoms with Crippen LogP contribution in [0, 0.1) is 5.92 Å². The van der Waals surface area contributed by atoms with E-state index in [2.05, 4.69) is 79.8 Å². The zero-order chi connectivity index (χ0) is 24.2. The minimum Gasteiger partial charge on any atom is -0.374 e. The Morgan fingerprint density at radius 1 is 0.886 bits per heavy atom. The lowest BCUT2D eigenvalue weighted by Gasteiger charge is -2.13. The maximum atomic E-state index is 6.67. The van der Waals surface area contributed by atoms with Crippen LogP contribution in [0.3, 0.4) is 0 Å². The molecule has 0 spiro atoms. The van der Waals surface area contributed by atoms with E-state index in [9.17, 15) is 0 Å². The van der Waals surface area contributed by atoms with Gasteiger partial charge in [-0.1, -0.05) is 98.2 Å². The van der Waals surface area contributed by atoms with Gasteiger partial charge in [0.15, 0.2) is 0 Å². The molecule has 35 heavy (non-hydrogen) atoms. The van der Waals surface area contributed by atoms with E-state index in [1.54, 1.807) is 0 Å². The number of hydrogen-bond donors (Lipinski definition) is 1. The third-order valence-electron chi connectivity index (χ3n) is 6.42. The number of rotatable bonds is 7. The van der Waals surface area contributed by atoms with E-state index in [0.29, 0.717) is 5.92 Å². The van der Waals surface area contributed by atoms with E-state index in [1.165, 1.54) is 26.6 Å². The lowest BCUT2D eigenvalue weighted by atomic mass is 10.00. The lowest BCUT2D eigenvalue weighted by molar-refractivity contribution is 0.647. The number of halogens is 1. The molecule has 0 fully saturated rings. The largest absolute Gasteiger partial charge is 0.374 e. The molecule has 1 aliphatic heterocycles. The summed E-state index contributed by atoms with van der Waals surface area (Å²) < 4.78 is 0. The summed E-state index contributed by atoms with van der Waals surface area (Å²) in [6, 6.07) is 30.0. The molecule has 1 unspecified atom stereocenters. The Hall–Kier alpha value is -2.88. The van der Waals surface area contributed by atoms with E-state index in [0.717, 1.165) is 47.7 Å². The van der Waals surface area contributed by atoms with Crippen molar-refractivity contribution in [1.82, 2.24) is 0 Å². The molecule has 0 saturated heterocycles. The molecule has 1 N–H and O–H groups in total. The van der Waals surface area contributed by atoms with Crippen LogP contribution < -0.4 is 5.32 Å². The average Bonchev–Trinajstić information content (AvgIpc) is 3.19. The molecule has 1 aromatic heterocycles. The first-order valence-corrected chi connectivity index (χ1v) is 13.6. The summed E-state index contributed by atoms with van der Waals surface area (Å²) >= 11 is 8.51. The molecule has 3 aromatic carbocycles. The number of thiophene rings is 1. The van der Waals surface area contributed by atoms with Crippen LogP contribution in [0.4, 0.5) is 5.00 Å². The van der Waals surface area contributed by atoms with Gasteiger partial charge in [0.1, 0.15) is 0 Å². The van der Waals surface area contributed by atoms with Crippen molar-refractivity contribution in [1.29, 1.82) is 0 Å². The summed E-state index contributed by atoms with van der Waals surface area (Å²) in [6.45, 7) is 5.30. The van der Waals surface area contributed by atoms with Crippen LogP contribution in [0.1, 0.15) is 52.6 Å². The highest BCUT2D eigenvalue weighted by molar-refractivity contribution is 7.16. The molecule has 1 atom stereocenters. The molecule has 5 rings (SSSR count). The topological polar surface area (TPSA) is 24.4 Å². The van der Waals surface area contributed by atoms with Gasteiger partial charge in [-0.25, -0.2) is 0 Å². The molecule has 2 heterocycles. The standard InChI is InChI=1S/C31H31ClN2S/c1-21(2)18-23-14-12-22(13-15-23)16-17-25-19-27-30(26-10-6-7-11-28(26)32)34-29(20-33-31(27)35-25)24-8-4-3-5-9-24/h3-15,19,21,29,33H,16-18,20H2,1-2H3. The minimum atomic E-state index is 0.0369. The molecule has 0 saturated carbocycles. The van der Waals surface area contributed by atoms with E-state index in [4.69, 9.17) is 16.6 Å². The van der Waals surface area contributed by atoms with Gasteiger partial charge in [-0.3, -0.25) is 4.99 Å². The summed E-state index contributed by atoms with van der Waals surface area (Å²) in [5.74, 6) is 0.685. The van der Waals surface area contributed by atoms with Crippen molar-refractivity contribution in [2.45, 2.75) is 39.2 Å². The normalized spacial score (nSPS) is 15.3. The second-order valence-corrected chi connectivity index (χ2v) is 11.2. The Labute approximate surface area is 217 Å². The maximum absolute atomic E-state index is 6.67. The van der Waals surface area contributed by atoms with E-state index >= 15 is 0 Å². The number of nitrogens with zero attached hydrogens (tertiary/aromatic N) is 1. The van der Waals surface area contributed by atoms with Gasteiger partial charge >= 0.3 is 0 Å². The van der Waals surface area contributed by atoms with Crippen LogP contribution in [0.2, 0.25) is 5.02 Å². The Morgan fingerprint density at radius 2 is 1.60 bits per heavy atom. The van der Waals surface area contributed by atoms with Crippen molar-refractivity contribution in [3.63, 3.8) is 0 Å². The quantitative estimate of drug-likeness (QED) is 0.272. The van der Waals surface area contributed by atoms with Crippen molar-refractivity contribution < 1.29 is 0 Å². The minimum absolute atomic E-state index is 0.0369. The molecule has 0 radical (unpaired) electrons. The highest BCUT2D eigenvalue weighted by Crippen LogP contribution is 2.37. The first-order valence-electron chi connectivity index (χ1n) is 12.4. The van der Waals surface area contributed by atoms with Crippen LogP contribution in [0.5, 0.6) is 0 Å². The smallest absolute Gasteiger partial charge is 0.0981 e. The number of fused-ring (bicyclic) bond motifs is 1. The second-order valence-electron chi connectivity index (χ2n) is 9.63. The third kappa shape index (κ3) is 5.69. The van der Waals surface area contributed by atoms with Gasteiger partial charge in [0, 0.05) is 27.6 Å². The number of hydrogen-bond acceptors (Lipinski definition) is 3. The fourth-order valence-electron chi connectivity index (χ4n) is 4.65. The van der Waals surface area contributed by atoms with Crippen molar-refractivity contribution in [2.75, 3.05) is 11.9 Å². The van der Waals surface area contributed by atoms with E-state index < -0.39 is 0 Å². The fraction of sp³-hybridized carbons (Fsp3) is 0.258. The number of aliphatic imine (C=N–C) groups is 1. The predicted octanol–water partition coefficient (Wildman–Crippen LogP) is 8.39. The van der Waals surface area contributed by atoms with Crippen LogP contribution in [-0.2, 0) is 19.3 Å². The van der Waals surface area contributed by atoms with Gasteiger partial charge in [0.2, 0.25) is 0 Å². The highest BCUT2D eigenvalue weighted by atomic mass is 35.5. The van der Waals surface area contributed by atoms with Gasteiger partial charge in [0.05, 0.1) is 16.8 Å². The zero-order valence-electron chi connectivity index (χ0n) is 20.3. The Kier molecular flexibility index (Phi) is 7.36. The van der Waals surface area contributed by atoms with Crippen molar-refractivity contribution in [3.05, 3.63) is 123 Å². The summed E-state index contributed by atoms with van der Waals surface area (Å²) in [4.78, 5) is 6.63. The van der Waals surface area contributed by atoms with Gasteiger partial charge in [0.25, 0.3) is 0 Å². The molecule has 0 amide bonds. The Bertz CT molecular complexity index is 1310. The third-order valence-corrected chi connectivity index (χ3v) is 7.90. The van der Waals surface area contributed by atoms with Gasteiger partial charge in [-0.2, -0.15) is 0 Å². The van der Waals surface area contributed by atoms with Gasteiger partial charge < -0.3 is 5.32 Å². The van der Waals surface area contributed by atoms with Crippen molar-refractivity contribution >= 4 is 33.7 Å². The summed E-state index contributed by atoms with van der Waals surface area (Å²) in [5, 5.41) is 5.62. The SMILES string of the molecule is CC(C)Cc1ccc(CCc2cc3c(s2)NCC(c2ccccc2)N=C3c2ccccc2Cl)cc1. The maximum Gasteiger partial charge on any atom is 0.0981 e. The number of nitrogens with one attached hydrogen (secondary N) is 1. The van der Waals surface area contributed by atoms with Gasteiger partial charge in [-0.05, 0) is 54.0 Å². The Morgan fingerprint density at radius 3 is 2.34 bits per heavy atom. The van der Waals surface area contributed by atoms with E-state index in [-0.39, 0.29) is 6.04 Å². The fourth-order valence-corrected chi connectivity index (χ4v) is 5.94. The highest BCUT2D eigenvalue weighted by Gasteiger charge is 2.24. The molecule has 1 aliphatic rings. The molecule has 4 aromatic rings. The average molecular weight is 499 g/mol. The predicted molar refractivity (Wildman–Crippen MR) is 151 cm³/mol. The van der Waals surface area contributed by atoms with Crippen LogP contribution >= 0.6 is 22.9 Å². The van der Waals surface area contributed by atoms with Crippen molar-refractivity contribution in [2.24, 2.45) is 10.9 Å². The molecule has 0 aliphatic carbocycles. The molecule has 2 nitrogen and oxygen atoms in total.